The number of para-hydroxylation sites is 2. The third kappa shape index (κ3) is 4.09. The highest BCUT2D eigenvalue weighted by Gasteiger charge is 2.11. The molecule has 25 heavy (non-hydrogen) atoms. The minimum Gasteiger partial charge on any atom is -0.319 e. The van der Waals surface area contributed by atoms with Gasteiger partial charge in [-0.15, -0.1) is 0 Å². The molecule has 0 saturated carbocycles. The van der Waals surface area contributed by atoms with E-state index in [0.29, 0.717) is 0 Å². The van der Waals surface area contributed by atoms with Gasteiger partial charge in [-0.25, -0.2) is 10.4 Å². The summed E-state index contributed by atoms with van der Waals surface area (Å²) in [6.45, 7) is 4.76. The molecule has 0 fully saturated rings. The van der Waals surface area contributed by atoms with Gasteiger partial charge in [0, 0.05) is 6.54 Å². The van der Waals surface area contributed by atoms with Gasteiger partial charge in [-0.05, 0) is 31.5 Å². The van der Waals surface area contributed by atoms with Crippen LogP contribution in [0.3, 0.4) is 0 Å². The zero-order chi connectivity index (χ0) is 17.6. The largest absolute Gasteiger partial charge is 0.319 e. The van der Waals surface area contributed by atoms with Crippen molar-refractivity contribution in [1.82, 2.24) is 15.0 Å². The Morgan fingerprint density at radius 3 is 2.64 bits per heavy atom. The number of hydrogen-bond donors (Lipinski definition) is 1. The lowest BCUT2D eigenvalue weighted by atomic mass is 10.1. The van der Waals surface area contributed by atoms with Crippen molar-refractivity contribution in [2.75, 3.05) is 5.75 Å². The van der Waals surface area contributed by atoms with E-state index in [1.165, 1.54) is 11.8 Å². The zero-order valence-corrected chi connectivity index (χ0v) is 15.1. The van der Waals surface area contributed by atoms with Gasteiger partial charge in [0.2, 0.25) is 0 Å². The summed E-state index contributed by atoms with van der Waals surface area (Å²) in [5.74, 6) is 0.129. The summed E-state index contributed by atoms with van der Waals surface area (Å²) in [6.07, 6.45) is 0. The van der Waals surface area contributed by atoms with Crippen molar-refractivity contribution >= 4 is 34.4 Å². The van der Waals surface area contributed by atoms with E-state index in [4.69, 9.17) is 0 Å². The van der Waals surface area contributed by atoms with Gasteiger partial charge >= 0.3 is 0 Å². The number of hydrogen-bond acceptors (Lipinski definition) is 4. The van der Waals surface area contributed by atoms with Crippen LogP contribution in [0.5, 0.6) is 0 Å². The average Bonchev–Trinajstić information content (AvgIpc) is 3.02. The molecule has 0 aliphatic carbocycles. The Hall–Kier alpha value is -2.60. The number of thioether (sulfide) groups is 1. The quantitative estimate of drug-likeness (QED) is 0.418. The summed E-state index contributed by atoms with van der Waals surface area (Å²) >= 11 is 1.42. The van der Waals surface area contributed by atoms with Crippen LogP contribution < -0.4 is 5.43 Å². The van der Waals surface area contributed by atoms with Crippen LogP contribution >= 0.6 is 11.8 Å². The van der Waals surface area contributed by atoms with Gasteiger partial charge < -0.3 is 4.57 Å². The fourth-order valence-electron chi connectivity index (χ4n) is 2.52. The fraction of sp³-hybridized carbons (Fsp3) is 0.211. The van der Waals surface area contributed by atoms with Gasteiger partial charge in [0.1, 0.15) is 0 Å². The standard InChI is InChI=1S/C19H20N4OS/c1-3-23-17-12-8-7-11-16(17)20-19(23)25-13-18(24)22-21-14(2)15-9-5-4-6-10-15/h4-12H,3,13H2,1-2H3,(H,22,24)/b21-14+. The van der Waals surface area contributed by atoms with E-state index in [1.54, 1.807) is 0 Å². The molecular formula is C19H20N4OS. The maximum Gasteiger partial charge on any atom is 0.250 e. The lowest BCUT2D eigenvalue weighted by Gasteiger charge is -2.05. The number of imidazole rings is 1. The van der Waals surface area contributed by atoms with E-state index in [0.717, 1.165) is 34.0 Å². The molecular weight excluding hydrogens is 332 g/mol. The van der Waals surface area contributed by atoms with Gasteiger partial charge in [-0.2, -0.15) is 5.10 Å². The molecule has 0 spiro atoms. The maximum absolute atomic E-state index is 12.1. The van der Waals surface area contributed by atoms with Crippen molar-refractivity contribution in [1.29, 1.82) is 0 Å². The first-order valence-electron chi connectivity index (χ1n) is 8.15. The Morgan fingerprint density at radius 2 is 1.88 bits per heavy atom. The lowest BCUT2D eigenvalue weighted by molar-refractivity contribution is -0.118. The molecule has 3 rings (SSSR count). The number of aryl methyl sites for hydroxylation is 1. The molecule has 0 unspecified atom stereocenters. The molecule has 5 nitrogen and oxygen atoms in total. The Morgan fingerprint density at radius 1 is 1.16 bits per heavy atom. The van der Waals surface area contributed by atoms with Crippen LogP contribution in [0.25, 0.3) is 11.0 Å². The van der Waals surface area contributed by atoms with Gasteiger partial charge in [-0.1, -0.05) is 54.2 Å². The van der Waals surface area contributed by atoms with Crippen LogP contribution in [0, 0.1) is 0 Å². The normalized spacial score (nSPS) is 11.7. The van der Waals surface area contributed by atoms with E-state index in [-0.39, 0.29) is 11.7 Å². The summed E-state index contributed by atoms with van der Waals surface area (Å²) in [7, 11) is 0. The van der Waals surface area contributed by atoms with Gasteiger partial charge in [-0.3, -0.25) is 4.79 Å². The van der Waals surface area contributed by atoms with Crippen molar-refractivity contribution in [3.8, 4) is 0 Å². The highest BCUT2D eigenvalue weighted by Crippen LogP contribution is 2.23. The highest BCUT2D eigenvalue weighted by molar-refractivity contribution is 7.99. The molecule has 1 N–H and O–H groups in total. The maximum atomic E-state index is 12.1. The average molecular weight is 352 g/mol. The Kier molecular flexibility index (Phi) is 5.50. The van der Waals surface area contributed by atoms with E-state index in [9.17, 15) is 4.79 Å². The predicted octanol–water partition coefficient (Wildman–Crippen LogP) is 3.69. The minimum atomic E-state index is -0.144. The summed E-state index contributed by atoms with van der Waals surface area (Å²) < 4.78 is 2.12. The second-order valence-corrected chi connectivity index (χ2v) is 6.46. The summed E-state index contributed by atoms with van der Waals surface area (Å²) in [6, 6.07) is 17.8. The molecule has 3 aromatic rings. The number of nitrogens with one attached hydrogen (secondary N) is 1. The highest BCUT2D eigenvalue weighted by atomic mass is 32.2. The van der Waals surface area contributed by atoms with E-state index < -0.39 is 0 Å². The molecule has 0 aliphatic rings. The molecule has 0 aliphatic heterocycles. The predicted molar refractivity (Wildman–Crippen MR) is 103 cm³/mol. The van der Waals surface area contributed by atoms with Crippen molar-refractivity contribution < 1.29 is 4.79 Å². The Balaban J connectivity index is 1.63. The Bertz CT molecular complexity index is 902. The van der Waals surface area contributed by atoms with E-state index >= 15 is 0 Å². The molecule has 6 heteroatoms. The second-order valence-electron chi connectivity index (χ2n) is 5.51. The summed E-state index contributed by atoms with van der Waals surface area (Å²) in [5.41, 5.74) is 6.42. The second kappa shape index (κ2) is 7.98. The number of aromatic nitrogens is 2. The molecule has 2 aromatic carbocycles. The zero-order valence-electron chi connectivity index (χ0n) is 14.3. The van der Waals surface area contributed by atoms with Gasteiger partial charge in [0.15, 0.2) is 5.16 Å². The lowest BCUT2D eigenvalue weighted by Crippen LogP contribution is -2.21. The number of rotatable bonds is 6. The number of carbonyl (C=O) groups is 1. The van der Waals surface area contributed by atoms with Crippen molar-refractivity contribution in [2.45, 2.75) is 25.5 Å². The number of amides is 1. The van der Waals surface area contributed by atoms with Gasteiger partial charge in [0.05, 0.1) is 22.5 Å². The summed E-state index contributed by atoms with van der Waals surface area (Å²) in [5, 5.41) is 5.02. The van der Waals surface area contributed by atoms with Crippen LogP contribution in [0.1, 0.15) is 19.4 Å². The monoisotopic (exact) mass is 352 g/mol. The van der Waals surface area contributed by atoms with Gasteiger partial charge in [0.25, 0.3) is 5.91 Å². The van der Waals surface area contributed by atoms with Crippen LogP contribution in [-0.2, 0) is 11.3 Å². The number of carbonyl (C=O) groups excluding carboxylic acids is 1. The number of benzene rings is 2. The fourth-order valence-corrected chi connectivity index (χ4v) is 3.39. The molecule has 0 radical (unpaired) electrons. The Labute approximate surface area is 151 Å². The molecule has 1 heterocycles. The SMILES string of the molecule is CCn1c(SCC(=O)N/N=C(\C)c2ccccc2)nc2ccccc21. The van der Waals surface area contributed by atoms with Crippen LogP contribution in [0.15, 0.2) is 64.9 Å². The molecule has 1 amide bonds. The first-order valence-corrected chi connectivity index (χ1v) is 9.14. The van der Waals surface area contributed by atoms with Crippen LogP contribution in [-0.4, -0.2) is 26.9 Å². The minimum absolute atomic E-state index is 0.144. The molecule has 0 atom stereocenters. The number of nitrogens with zero attached hydrogens (tertiary/aromatic N) is 3. The van der Waals surface area contributed by atoms with E-state index in [2.05, 4.69) is 27.0 Å². The number of fused-ring (bicyclic) bond motifs is 1. The third-order valence-corrected chi connectivity index (χ3v) is 4.78. The molecule has 0 bridgehead atoms. The van der Waals surface area contributed by atoms with Crippen LogP contribution in [0.4, 0.5) is 0 Å². The molecule has 1 aromatic heterocycles. The third-order valence-electron chi connectivity index (χ3n) is 3.81. The van der Waals surface area contributed by atoms with Crippen molar-refractivity contribution in [3.63, 3.8) is 0 Å². The molecule has 0 saturated heterocycles. The van der Waals surface area contributed by atoms with Crippen LogP contribution in [0.2, 0.25) is 0 Å². The van der Waals surface area contributed by atoms with Crippen molar-refractivity contribution in [3.05, 3.63) is 60.2 Å². The smallest absolute Gasteiger partial charge is 0.250 e. The van der Waals surface area contributed by atoms with E-state index in [1.807, 2.05) is 61.5 Å². The first kappa shape index (κ1) is 17.2. The number of hydrazone groups is 1. The first-order chi connectivity index (χ1) is 12.2. The summed E-state index contributed by atoms with van der Waals surface area (Å²) in [4.78, 5) is 16.7. The molecule has 128 valence electrons. The topological polar surface area (TPSA) is 59.3 Å². The van der Waals surface area contributed by atoms with Crippen molar-refractivity contribution in [2.24, 2.45) is 5.10 Å².